The minimum absolute atomic E-state index is 0.235. The van der Waals surface area contributed by atoms with E-state index in [1.54, 1.807) is 0 Å². The van der Waals surface area contributed by atoms with E-state index in [-0.39, 0.29) is 5.41 Å². The van der Waals surface area contributed by atoms with Gasteiger partial charge in [-0.1, -0.05) is 147 Å². The van der Waals surface area contributed by atoms with Crippen LogP contribution in [0.25, 0.3) is 97.4 Å². The summed E-state index contributed by atoms with van der Waals surface area (Å²) in [5.41, 5.74) is 16.4. The molecule has 0 amide bonds. The first-order valence-corrected chi connectivity index (χ1v) is 21.7. The summed E-state index contributed by atoms with van der Waals surface area (Å²) in [4.78, 5) is 2.39. The molecule has 0 fully saturated rings. The maximum Gasteiger partial charge on any atom is 0.143 e. The van der Waals surface area contributed by atoms with Crippen molar-refractivity contribution in [1.82, 2.24) is 0 Å². The number of hydrogen-bond donors (Lipinski definition) is 0. The first-order chi connectivity index (χ1) is 30.0. The van der Waals surface area contributed by atoms with E-state index in [1.165, 1.54) is 53.6 Å². The molecule has 0 bridgehead atoms. The van der Waals surface area contributed by atoms with Crippen molar-refractivity contribution in [3.05, 3.63) is 199 Å². The number of para-hydroxylation sites is 3. The van der Waals surface area contributed by atoms with Gasteiger partial charge < -0.3 is 13.7 Å². The first-order valence-electron chi connectivity index (χ1n) is 20.9. The fraction of sp³-hybridized carbons (Fsp3) is 0.0526. The molecule has 0 saturated carbocycles. The van der Waals surface area contributed by atoms with Crippen molar-refractivity contribution in [2.75, 3.05) is 4.90 Å². The Morgan fingerprint density at radius 3 is 1.69 bits per heavy atom. The van der Waals surface area contributed by atoms with Gasteiger partial charge in [-0.3, -0.25) is 0 Å². The number of benzene rings is 9. The van der Waals surface area contributed by atoms with Crippen molar-refractivity contribution >= 4 is 92.4 Å². The van der Waals surface area contributed by atoms with E-state index in [0.717, 1.165) is 72.1 Å². The molecule has 3 nitrogen and oxygen atoms in total. The number of anilines is 3. The standard InChI is InChI=1S/C57H37NO2S/c1-57(2)48-32-31-45-42-12-4-7-19-51(42)60-55(45)53(48)47-30-29-38(33-49(47)57)58(36-25-21-34(22-26-36)39-14-9-16-44-41-11-3-6-18-50(41)59-54(39)44)37-27-23-35(24-28-37)40-15-10-17-46-43-13-5-8-20-52(43)61-56(40)46/h3-33H,1-2H3. The minimum atomic E-state index is -0.235. The van der Waals surface area contributed by atoms with E-state index in [1.807, 2.05) is 29.5 Å². The third-order valence-electron chi connectivity index (χ3n) is 13.1. The van der Waals surface area contributed by atoms with Gasteiger partial charge in [0.15, 0.2) is 0 Å². The topological polar surface area (TPSA) is 29.5 Å². The number of nitrogens with zero attached hydrogens (tertiary/aromatic N) is 1. The van der Waals surface area contributed by atoms with E-state index < -0.39 is 0 Å². The van der Waals surface area contributed by atoms with Crippen LogP contribution in [0.5, 0.6) is 0 Å². The van der Waals surface area contributed by atoms with E-state index >= 15 is 0 Å². The zero-order valence-corrected chi connectivity index (χ0v) is 34.4. The molecule has 0 saturated heterocycles. The third kappa shape index (κ3) is 5.03. The smallest absolute Gasteiger partial charge is 0.143 e. The molecular formula is C57H37NO2S. The molecule has 3 heterocycles. The highest BCUT2D eigenvalue weighted by Crippen LogP contribution is 2.54. The summed E-state index contributed by atoms with van der Waals surface area (Å²) in [6.07, 6.45) is 0. The number of rotatable bonds is 5. The lowest BCUT2D eigenvalue weighted by Gasteiger charge is -2.28. The molecular weight excluding hydrogens is 763 g/mol. The van der Waals surface area contributed by atoms with Crippen LogP contribution < -0.4 is 4.90 Å². The van der Waals surface area contributed by atoms with Crippen molar-refractivity contribution in [1.29, 1.82) is 0 Å². The summed E-state index contributed by atoms with van der Waals surface area (Å²) in [6.45, 7) is 4.69. The zero-order chi connectivity index (χ0) is 40.4. The summed E-state index contributed by atoms with van der Waals surface area (Å²) in [6, 6.07) is 68.1. The summed E-state index contributed by atoms with van der Waals surface area (Å²) in [7, 11) is 0. The average Bonchev–Trinajstić information content (AvgIpc) is 4.05. The van der Waals surface area contributed by atoms with Crippen LogP contribution in [0, 0.1) is 0 Å². The molecule has 0 radical (unpaired) electrons. The van der Waals surface area contributed by atoms with Gasteiger partial charge in [-0.05, 0) is 88.0 Å². The lowest BCUT2D eigenvalue weighted by molar-refractivity contribution is 0.653. The average molecular weight is 800 g/mol. The molecule has 4 heteroatoms. The van der Waals surface area contributed by atoms with Crippen LogP contribution in [0.4, 0.5) is 17.1 Å². The van der Waals surface area contributed by atoms with Crippen LogP contribution in [0.3, 0.4) is 0 Å². The molecule has 61 heavy (non-hydrogen) atoms. The molecule has 13 rings (SSSR count). The van der Waals surface area contributed by atoms with Gasteiger partial charge in [0.2, 0.25) is 0 Å². The van der Waals surface area contributed by atoms with Crippen LogP contribution in [-0.2, 0) is 5.41 Å². The second-order valence-corrected chi connectivity index (χ2v) is 17.9. The maximum absolute atomic E-state index is 6.63. The van der Waals surface area contributed by atoms with Crippen molar-refractivity contribution in [2.45, 2.75) is 19.3 Å². The Labute approximate surface area is 356 Å². The molecule has 12 aromatic rings. The molecule has 0 aliphatic heterocycles. The Morgan fingerprint density at radius 1 is 0.410 bits per heavy atom. The molecule has 0 spiro atoms. The number of furan rings is 2. The Morgan fingerprint density at radius 2 is 0.967 bits per heavy atom. The van der Waals surface area contributed by atoms with E-state index in [9.17, 15) is 0 Å². The van der Waals surface area contributed by atoms with Gasteiger partial charge in [0.25, 0.3) is 0 Å². The quantitative estimate of drug-likeness (QED) is 0.174. The summed E-state index contributed by atoms with van der Waals surface area (Å²) < 4.78 is 15.7. The maximum atomic E-state index is 6.63. The van der Waals surface area contributed by atoms with Crippen molar-refractivity contribution < 1.29 is 8.83 Å². The molecule has 0 N–H and O–H groups in total. The monoisotopic (exact) mass is 799 g/mol. The SMILES string of the molecule is CC1(C)c2cc(N(c3ccc(-c4cccc5c4oc4ccccc45)cc3)c3ccc(-c4cccc5c4sc4ccccc45)cc3)ccc2-c2c1ccc1c2oc2ccccc21. The highest BCUT2D eigenvalue weighted by Gasteiger charge is 2.38. The highest BCUT2D eigenvalue weighted by molar-refractivity contribution is 7.26. The number of thiophene rings is 1. The lowest BCUT2D eigenvalue weighted by atomic mass is 9.82. The Hall–Kier alpha value is -7.40. The first kappa shape index (κ1) is 34.5. The molecule has 288 valence electrons. The normalized spacial score (nSPS) is 13.2. The molecule has 9 aromatic carbocycles. The van der Waals surface area contributed by atoms with Gasteiger partial charge in [0, 0.05) is 75.3 Å². The number of hydrogen-bond acceptors (Lipinski definition) is 4. The zero-order valence-electron chi connectivity index (χ0n) is 33.6. The van der Waals surface area contributed by atoms with Crippen molar-refractivity contribution in [2.24, 2.45) is 0 Å². The molecule has 0 unspecified atom stereocenters. The Bertz CT molecular complexity index is 3580. The molecule has 0 atom stereocenters. The predicted octanol–water partition coefficient (Wildman–Crippen LogP) is 17.0. The van der Waals surface area contributed by atoms with Crippen molar-refractivity contribution in [3.8, 4) is 33.4 Å². The van der Waals surface area contributed by atoms with Crippen molar-refractivity contribution in [3.63, 3.8) is 0 Å². The summed E-state index contributed by atoms with van der Waals surface area (Å²) >= 11 is 1.87. The van der Waals surface area contributed by atoms with E-state index in [4.69, 9.17) is 8.83 Å². The van der Waals surface area contributed by atoms with Gasteiger partial charge in [-0.2, -0.15) is 0 Å². The van der Waals surface area contributed by atoms with Gasteiger partial charge in [0.1, 0.15) is 22.3 Å². The Balaban J connectivity index is 0.956. The highest BCUT2D eigenvalue weighted by atomic mass is 32.1. The molecule has 1 aliphatic carbocycles. The van der Waals surface area contributed by atoms with E-state index in [0.29, 0.717) is 0 Å². The fourth-order valence-corrected chi connectivity index (χ4v) is 11.3. The van der Waals surface area contributed by atoms with Gasteiger partial charge in [-0.15, -0.1) is 11.3 Å². The second-order valence-electron chi connectivity index (χ2n) is 16.8. The number of fused-ring (bicyclic) bond motifs is 13. The second kappa shape index (κ2) is 12.8. The molecule has 3 aromatic heterocycles. The third-order valence-corrected chi connectivity index (χ3v) is 14.3. The van der Waals surface area contributed by atoms with Crippen LogP contribution in [0.1, 0.15) is 25.0 Å². The summed E-state index contributed by atoms with van der Waals surface area (Å²) in [5.74, 6) is 0. The van der Waals surface area contributed by atoms with E-state index in [2.05, 4.69) is 189 Å². The molecule has 1 aliphatic rings. The van der Waals surface area contributed by atoms with Crippen LogP contribution in [0.2, 0.25) is 0 Å². The lowest BCUT2D eigenvalue weighted by Crippen LogP contribution is -2.16. The van der Waals surface area contributed by atoms with Crippen LogP contribution in [0.15, 0.2) is 197 Å². The predicted molar refractivity (Wildman–Crippen MR) is 257 cm³/mol. The minimum Gasteiger partial charge on any atom is -0.455 e. The largest absolute Gasteiger partial charge is 0.455 e. The fourth-order valence-electron chi connectivity index (χ4n) is 10.1. The van der Waals surface area contributed by atoms with Gasteiger partial charge in [0.05, 0.1) is 0 Å². The van der Waals surface area contributed by atoms with Crippen LogP contribution in [-0.4, -0.2) is 0 Å². The van der Waals surface area contributed by atoms with Gasteiger partial charge >= 0.3 is 0 Å². The van der Waals surface area contributed by atoms with Gasteiger partial charge in [-0.25, -0.2) is 0 Å². The van der Waals surface area contributed by atoms with Crippen LogP contribution >= 0.6 is 11.3 Å². The Kier molecular flexibility index (Phi) is 7.23. The summed E-state index contributed by atoms with van der Waals surface area (Å²) in [5, 5.41) is 7.21.